The van der Waals surface area contributed by atoms with Crippen molar-refractivity contribution >= 4 is 5.78 Å². The van der Waals surface area contributed by atoms with Crippen molar-refractivity contribution in [2.45, 2.75) is 12.7 Å². The minimum absolute atomic E-state index is 0.0417. The number of halogens is 3. The maximum Gasteiger partial charge on any atom is 0.417 e. The topological polar surface area (TPSA) is 57.5 Å². The number of carbonyl (C=O) groups excluding carboxylic acids is 1. The molecule has 0 aliphatic carbocycles. The Bertz CT molecular complexity index is 826. The fourth-order valence-electron chi connectivity index (χ4n) is 2.14. The van der Waals surface area contributed by atoms with Gasteiger partial charge in [0.2, 0.25) is 6.79 Å². The first-order valence-electron chi connectivity index (χ1n) is 6.55. The van der Waals surface area contributed by atoms with Crippen molar-refractivity contribution in [3.8, 4) is 11.5 Å². The molecule has 2 aromatic rings. The molecular weight excluding hydrogens is 315 g/mol. The lowest BCUT2D eigenvalue weighted by Gasteiger charge is -2.10. The Morgan fingerprint density at radius 2 is 1.87 bits per heavy atom. The quantitative estimate of drug-likeness (QED) is 0.814. The number of aromatic nitrogens is 1. The summed E-state index contributed by atoms with van der Waals surface area (Å²) in [6, 6.07) is 5.90. The summed E-state index contributed by atoms with van der Waals surface area (Å²) < 4.78 is 49.0. The molecule has 8 heteroatoms. The van der Waals surface area contributed by atoms with E-state index in [1.807, 2.05) is 0 Å². The van der Waals surface area contributed by atoms with E-state index in [1.165, 1.54) is 18.2 Å². The third kappa shape index (κ3) is 3.05. The average molecular weight is 325 g/mol. The van der Waals surface area contributed by atoms with Gasteiger partial charge in [-0.3, -0.25) is 9.59 Å². The summed E-state index contributed by atoms with van der Waals surface area (Å²) in [5.41, 5.74) is -1.46. The van der Waals surface area contributed by atoms with Crippen LogP contribution < -0.4 is 15.0 Å². The largest absolute Gasteiger partial charge is 0.454 e. The van der Waals surface area contributed by atoms with Crippen molar-refractivity contribution in [1.82, 2.24) is 4.57 Å². The van der Waals surface area contributed by atoms with E-state index in [-0.39, 0.29) is 12.4 Å². The maximum absolute atomic E-state index is 12.7. The lowest BCUT2D eigenvalue weighted by molar-refractivity contribution is -0.138. The Hall–Kier alpha value is -2.77. The number of nitrogens with zero attached hydrogens (tertiary/aromatic N) is 1. The van der Waals surface area contributed by atoms with E-state index in [4.69, 9.17) is 9.47 Å². The molecule has 3 rings (SSSR count). The summed E-state index contributed by atoms with van der Waals surface area (Å²) in [5.74, 6) is 0.356. The van der Waals surface area contributed by atoms with Crippen LogP contribution in [0, 0.1) is 0 Å². The van der Waals surface area contributed by atoms with Gasteiger partial charge in [-0.1, -0.05) is 0 Å². The van der Waals surface area contributed by atoms with E-state index in [0.717, 1.165) is 10.6 Å². The van der Waals surface area contributed by atoms with Crippen LogP contribution >= 0.6 is 0 Å². The monoisotopic (exact) mass is 325 g/mol. The summed E-state index contributed by atoms with van der Waals surface area (Å²) in [5, 5.41) is 0. The van der Waals surface area contributed by atoms with Gasteiger partial charge in [0.25, 0.3) is 5.56 Å². The molecular formula is C15H10F3NO4. The molecule has 0 N–H and O–H groups in total. The standard InChI is InChI=1S/C15H10F3NO4/c16-15(17,18)10-2-4-14(21)19(6-10)7-11(20)9-1-3-12-13(5-9)23-8-22-12/h1-6H,7-8H2. The minimum atomic E-state index is -4.59. The van der Waals surface area contributed by atoms with Gasteiger partial charge in [-0.05, 0) is 24.3 Å². The summed E-state index contributed by atoms with van der Waals surface area (Å²) in [4.78, 5) is 23.8. The molecule has 1 aliphatic rings. The summed E-state index contributed by atoms with van der Waals surface area (Å²) in [6.07, 6.45) is -3.95. The Kier molecular flexibility index (Phi) is 3.59. The highest BCUT2D eigenvalue weighted by atomic mass is 19.4. The SMILES string of the molecule is O=C(Cn1cc(C(F)(F)F)ccc1=O)c1ccc2c(c1)OCO2. The normalized spacial score (nSPS) is 13.2. The predicted molar refractivity (Wildman–Crippen MR) is 72.6 cm³/mol. The fraction of sp³-hybridized carbons (Fsp3) is 0.200. The molecule has 0 radical (unpaired) electrons. The molecule has 0 atom stereocenters. The van der Waals surface area contributed by atoms with Crippen LogP contribution in [-0.4, -0.2) is 17.1 Å². The van der Waals surface area contributed by atoms with Crippen molar-refractivity contribution < 1.29 is 27.4 Å². The molecule has 2 heterocycles. The summed E-state index contributed by atoms with van der Waals surface area (Å²) in [7, 11) is 0. The zero-order valence-corrected chi connectivity index (χ0v) is 11.6. The van der Waals surface area contributed by atoms with E-state index in [2.05, 4.69) is 0 Å². The Morgan fingerprint density at radius 1 is 1.13 bits per heavy atom. The number of alkyl halides is 3. The fourth-order valence-corrected chi connectivity index (χ4v) is 2.14. The molecule has 0 spiro atoms. The van der Waals surface area contributed by atoms with Gasteiger partial charge in [-0.15, -0.1) is 0 Å². The number of carbonyl (C=O) groups is 1. The van der Waals surface area contributed by atoms with Crippen LogP contribution in [0.3, 0.4) is 0 Å². The van der Waals surface area contributed by atoms with E-state index in [1.54, 1.807) is 0 Å². The molecule has 5 nitrogen and oxygen atoms in total. The van der Waals surface area contributed by atoms with E-state index >= 15 is 0 Å². The van der Waals surface area contributed by atoms with Gasteiger partial charge in [0, 0.05) is 17.8 Å². The molecule has 23 heavy (non-hydrogen) atoms. The Morgan fingerprint density at radius 3 is 2.61 bits per heavy atom. The van der Waals surface area contributed by atoms with Gasteiger partial charge in [0.05, 0.1) is 12.1 Å². The zero-order chi connectivity index (χ0) is 16.6. The minimum Gasteiger partial charge on any atom is -0.454 e. The highest BCUT2D eigenvalue weighted by Gasteiger charge is 2.31. The van der Waals surface area contributed by atoms with Gasteiger partial charge < -0.3 is 14.0 Å². The number of hydrogen-bond acceptors (Lipinski definition) is 4. The molecule has 1 aromatic carbocycles. The van der Waals surface area contributed by atoms with Gasteiger partial charge in [-0.2, -0.15) is 13.2 Å². The smallest absolute Gasteiger partial charge is 0.417 e. The number of pyridine rings is 1. The van der Waals surface area contributed by atoms with Crippen LogP contribution in [0.4, 0.5) is 13.2 Å². The highest BCUT2D eigenvalue weighted by molar-refractivity contribution is 5.96. The zero-order valence-electron chi connectivity index (χ0n) is 11.6. The molecule has 0 amide bonds. The van der Waals surface area contributed by atoms with Crippen molar-refractivity contribution in [2.75, 3.05) is 6.79 Å². The third-order valence-electron chi connectivity index (χ3n) is 3.32. The van der Waals surface area contributed by atoms with Gasteiger partial charge >= 0.3 is 6.18 Å². The van der Waals surface area contributed by atoms with E-state index < -0.39 is 29.6 Å². The highest BCUT2D eigenvalue weighted by Crippen LogP contribution is 2.32. The third-order valence-corrected chi connectivity index (χ3v) is 3.32. The molecule has 0 saturated carbocycles. The number of hydrogen-bond donors (Lipinski definition) is 0. The van der Waals surface area contributed by atoms with Gasteiger partial charge in [-0.25, -0.2) is 0 Å². The van der Waals surface area contributed by atoms with Crippen LogP contribution in [0.15, 0.2) is 41.3 Å². The Labute approximate surface area is 127 Å². The first kappa shape index (κ1) is 15.1. The number of rotatable bonds is 3. The van der Waals surface area contributed by atoms with Crippen LogP contribution in [-0.2, 0) is 12.7 Å². The maximum atomic E-state index is 12.7. The van der Waals surface area contributed by atoms with Crippen LogP contribution in [0.25, 0.3) is 0 Å². The predicted octanol–water partition coefficient (Wildman–Crippen LogP) is 2.48. The van der Waals surface area contributed by atoms with Gasteiger partial charge in [0.15, 0.2) is 17.3 Å². The molecule has 0 saturated heterocycles. The second kappa shape index (κ2) is 5.45. The molecule has 0 unspecified atom stereocenters. The molecule has 0 bridgehead atoms. The second-order valence-corrected chi connectivity index (χ2v) is 4.87. The number of Topliss-reactive ketones (excluding diaryl/α,β-unsaturated/α-hetero) is 1. The number of fused-ring (bicyclic) bond motifs is 1. The lowest BCUT2D eigenvalue weighted by atomic mass is 10.1. The Balaban J connectivity index is 1.87. The van der Waals surface area contributed by atoms with Crippen molar-refractivity contribution in [1.29, 1.82) is 0 Å². The first-order valence-corrected chi connectivity index (χ1v) is 6.55. The number of ether oxygens (including phenoxy) is 2. The molecule has 120 valence electrons. The molecule has 0 fully saturated rings. The van der Waals surface area contributed by atoms with E-state index in [0.29, 0.717) is 23.8 Å². The van der Waals surface area contributed by atoms with Crippen LogP contribution in [0.5, 0.6) is 11.5 Å². The average Bonchev–Trinajstić information content (AvgIpc) is 2.95. The van der Waals surface area contributed by atoms with Crippen LogP contribution in [0.1, 0.15) is 15.9 Å². The first-order chi connectivity index (χ1) is 10.8. The van der Waals surface area contributed by atoms with E-state index in [9.17, 15) is 22.8 Å². The number of benzene rings is 1. The molecule has 1 aliphatic heterocycles. The summed E-state index contributed by atoms with van der Waals surface area (Å²) in [6.45, 7) is -0.456. The van der Waals surface area contributed by atoms with Crippen molar-refractivity contribution in [3.63, 3.8) is 0 Å². The van der Waals surface area contributed by atoms with Gasteiger partial charge in [0.1, 0.15) is 0 Å². The summed E-state index contributed by atoms with van der Waals surface area (Å²) >= 11 is 0. The molecule has 1 aromatic heterocycles. The lowest BCUT2D eigenvalue weighted by Crippen LogP contribution is -2.25. The second-order valence-electron chi connectivity index (χ2n) is 4.87. The van der Waals surface area contributed by atoms with Crippen molar-refractivity contribution in [2.24, 2.45) is 0 Å². The van der Waals surface area contributed by atoms with Crippen LogP contribution in [0.2, 0.25) is 0 Å². The van der Waals surface area contributed by atoms with Crippen molar-refractivity contribution in [3.05, 3.63) is 58.0 Å². The number of ketones is 1.